The predicted octanol–water partition coefficient (Wildman–Crippen LogP) is 1.09. The number of hydrogen-bond acceptors (Lipinski definition) is 9. The fourth-order valence-corrected chi connectivity index (χ4v) is 6.15. The van der Waals surface area contributed by atoms with Gasteiger partial charge >= 0.3 is 6.03 Å². The molecule has 13 heteroatoms. The molecule has 0 bridgehead atoms. The number of aliphatic hydroxyl groups excluding tert-OH is 1. The van der Waals surface area contributed by atoms with Crippen LogP contribution in [-0.4, -0.2) is 105 Å². The van der Waals surface area contributed by atoms with Gasteiger partial charge in [-0.15, -0.1) is 0 Å². The van der Waals surface area contributed by atoms with Gasteiger partial charge in [0.2, 0.25) is 11.8 Å². The topological polar surface area (TPSA) is 156 Å². The minimum atomic E-state index is -0.0802. The Labute approximate surface area is 252 Å². The molecule has 0 aliphatic carbocycles. The summed E-state index contributed by atoms with van der Waals surface area (Å²) in [5.41, 5.74) is 1.81. The van der Waals surface area contributed by atoms with Gasteiger partial charge in [0, 0.05) is 36.9 Å². The molecule has 0 aromatic heterocycles. The van der Waals surface area contributed by atoms with Gasteiger partial charge in [0.15, 0.2) is 0 Å². The summed E-state index contributed by atoms with van der Waals surface area (Å²) in [5.74, 6) is 0.913. The number of carbonyl (C=O) groups is 3. The number of ether oxygens (including phenoxy) is 4. The van der Waals surface area contributed by atoms with E-state index in [1.807, 2.05) is 36.0 Å². The van der Waals surface area contributed by atoms with Crippen LogP contribution >= 0.6 is 11.8 Å². The van der Waals surface area contributed by atoms with Gasteiger partial charge in [-0.25, -0.2) is 4.79 Å². The van der Waals surface area contributed by atoms with Gasteiger partial charge in [-0.05, 0) is 24.0 Å². The van der Waals surface area contributed by atoms with Crippen LogP contribution in [0.4, 0.5) is 4.79 Å². The number of amides is 4. The summed E-state index contributed by atoms with van der Waals surface area (Å²) < 4.78 is 21.8. The van der Waals surface area contributed by atoms with Crippen molar-refractivity contribution in [1.29, 1.82) is 0 Å². The average Bonchev–Trinajstić information content (AvgIpc) is 3.55. The molecule has 0 spiro atoms. The molecule has 2 heterocycles. The highest BCUT2D eigenvalue weighted by atomic mass is 32.2. The number of carbonyl (C=O) groups excluding carboxylic acids is 3. The monoisotopic (exact) mass is 610 g/mol. The minimum Gasteiger partial charge on any atom is -0.392 e. The number of hydrogen-bond donors (Lipinski definition) is 5. The molecule has 5 N–H and O–H groups in total. The molecule has 42 heavy (non-hydrogen) atoms. The van der Waals surface area contributed by atoms with Crippen LogP contribution in [0.15, 0.2) is 24.3 Å². The zero-order valence-electron chi connectivity index (χ0n) is 24.3. The second-order valence-electron chi connectivity index (χ2n) is 10.2. The second kappa shape index (κ2) is 20.5. The number of thioether (sulfide) groups is 1. The first-order valence-electron chi connectivity index (χ1n) is 14.8. The van der Waals surface area contributed by atoms with Gasteiger partial charge in [0.25, 0.3) is 0 Å². The maximum absolute atomic E-state index is 12.0. The van der Waals surface area contributed by atoms with Crippen LogP contribution in [-0.2, 0) is 41.7 Å². The van der Waals surface area contributed by atoms with Gasteiger partial charge in [0.1, 0.15) is 0 Å². The van der Waals surface area contributed by atoms with Crippen LogP contribution in [0, 0.1) is 0 Å². The fraction of sp³-hybridized carbons (Fsp3) is 0.690. The zero-order chi connectivity index (χ0) is 29.8. The quantitative estimate of drug-likeness (QED) is 0.0904. The lowest BCUT2D eigenvalue weighted by Crippen LogP contribution is -2.36. The molecule has 3 rings (SSSR count). The fourth-order valence-electron chi connectivity index (χ4n) is 4.60. The summed E-state index contributed by atoms with van der Waals surface area (Å²) >= 11 is 1.90. The molecule has 2 aliphatic heterocycles. The molecule has 2 fully saturated rings. The number of aliphatic hydroxyl groups is 1. The molecule has 0 saturated carbocycles. The molecule has 0 radical (unpaired) electrons. The minimum absolute atomic E-state index is 0.00546. The molecule has 1 aromatic carbocycles. The maximum Gasteiger partial charge on any atom is 0.315 e. The third-order valence-corrected chi connectivity index (χ3v) is 8.44. The molecule has 4 amide bonds. The normalized spacial score (nSPS) is 19.3. The van der Waals surface area contributed by atoms with Gasteiger partial charge in [0.05, 0.1) is 71.5 Å². The lowest BCUT2D eigenvalue weighted by molar-refractivity contribution is -0.122. The Morgan fingerprint density at radius 3 is 2.12 bits per heavy atom. The van der Waals surface area contributed by atoms with Crippen molar-refractivity contribution in [3.8, 4) is 0 Å². The summed E-state index contributed by atoms with van der Waals surface area (Å²) in [4.78, 5) is 35.3. The third-order valence-electron chi connectivity index (χ3n) is 6.93. The summed E-state index contributed by atoms with van der Waals surface area (Å²) in [6.07, 6.45) is 3.60. The van der Waals surface area contributed by atoms with E-state index in [-0.39, 0.29) is 43.0 Å². The first-order chi connectivity index (χ1) is 20.5. The SMILES string of the molecule is O=C(CCCCC1SCC2NC(=O)NC21)NCCOCCOCCOCCOCCC(=O)NCc1ccc(CO)cc1. The van der Waals surface area contributed by atoms with Crippen LogP contribution in [0.3, 0.4) is 0 Å². The van der Waals surface area contributed by atoms with Crippen molar-refractivity contribution in [1.82, 2.24) is 21.3 Å². The number of fused-ring (bicyclic) bond motifs is 1. The Bertz CT molecular complexity index is 939. The third kappa shape index (κ3) is 13.7. The van der Waals surface area contributed by atoms with Crippen molar-refractivity contribution >= 4 is 29.6 Å². The van der Waals surface area contributed by atoms with Crippen molar-refractivity contribution in [2.45, 2.75) is 62.6 Å². The van der Waals surface area contributed by atoms with E-state index in [4.69, 9.17) is 24.1 Å². The van der Waals surface area contributed by atoms with Gasteiger partial charge in [-0.1, -0.05) is 30.7 Å². The average molecular weight is 611 g/mol. The molecular weight excluding hydrogens is 564 g/mol. The van der Waals surface area contributed by atoms with Crippen LogP contribution in [0.2, 0.25) is 0 Å². The number of benzene rings is 1. The highest BCUT2D eigenvalue weighted by Gasteiger charge is 2.42. The Morgan fingerprint density at radius 1 is 0.810 bits per heavy atom. The van der Waals surface area contributed by atoms with Crippen molar-refractivity contribution < 1.29 is 38.4 Å². The molecule has 12 nitrogen and oxygen atoms in total. The molecule has 3 atom stereocenters. The Balaban J connectivity index is 1.00. The van der Waals surface area contributed by atoms with E-state index in [0.29, 0.717) is 77.6 Å². The van der Waals surface area contributed by atoms with E-state index in [9.17, 15) is 14.4 Å². The second-order valence-corrected chi connectivity index (χ2v) is 11.4. The van der Waals surface area contributed by atoms with E-state index in [1.54, 1.807) is 0 Å². The number of unbranched alkanes of at least 4 members (excludes halogenated alkanes) is 1. The van der Waals surface area contributed by atoms with E-state index < -0.39 is 0 Å². The molecule has 3 unspecified atom stereocenters. The molecule has 236 valence electrons. The highest BCUT2D eigenvalue weighted by molar-refractivity contribution is 8.00. The van der Waals surface area contributed by atoms with E-state index in [0.717, 1.165) is 36.1 Å². The summed E-state index contributed by atoms with van der Waals surface area (Å²) in [6, 6.07) is 7.83. The highest BCUT2D eigenvalue weighted by Crippen LogP contribution is 2.33. The molecule has 1 aromatic rings. The summed E-state index contributed by atoms with van der Waals surface area (Å²) in [5, 5.41) is 21.2. The van der Waals surface area contributed by atoms with Gasteiger partial charge in [-0.2, -0.15) is 11.8 Å². The largest absolute Gasteiger partial charge is 0.392 e. The number of nitrogens with one attached hydrogen (secondary N) is 4. The first kappa shape index (κ1) is 34.1. The van der Waals surface area contributed by atoms with Crippen molar-refractivity contribution in [3.05, 3.63) is 35.4 Å². The van der Waals surface area contributed by atoms with E-state index in [2.05, 4.69) is 21.3 Å². The predicted molar refractivity (Wildman–Crippen MR) is 159 cm³/mol. The van der Waals surface area contributed by atoms with E-state index in [1.165, 1.54) is 0 Å². The van der Waals surface area contributed by atoms with Crippen LogP contribution in [0.1, 0.15) is 43.2 Å². The number of rotatable bonds is 23. The van der Waals surface area contributed by atoms with Crippen LogP contribution in [0.5, 0.6) is 0 Å². The molecule has 2 aliphatic rings. The van der Waals surface area contributed by atoms with Crippen molar-refractivity contribution in [2.24, 2.45) is 0 Å². The van der Waals surface area contributed by atoms with Gasteiger partial charge < -0.3 is 45.3 Å². The standard InChI is InChI=1S/C29H46N4O8S/c34-20-23-7-5-22(6-8-23)19-31-27(36)9-11-38-13-15-40-17-18-41-16-14-39-12-10-30-26(35)4-2-1-3-25-28-24(21-42-25)32-29(37)33-28/h5-8,24-25,28,34H,1-4,9-21H2,(H,30,35)(H,31,36)(H2,32,33,37). The summed E-state index contributed by atoms with van der Waals surface area (Å²) in [7, 11) is 0. The smallest absolute Gasteiger partial charge is 0.315 e. The molecular formula is C29H46N4O8S. The van der Waals surface area contributed by atoms with Crippen LogP contribution in [0.25, 0.3) is 0 Å². The first-order valence-corrected chi connectivity index (χ1v) is 15.8. The van der Waals surface area contributed by atoms with Crippen molar-refractivity contribution in [2.75, 3.05) is 65.2 Å². The lowest BCUT2D eigenvalue weighted by atomic mass is 10.0. The lowest BCUT2D eigenvalue weighted by Gasteiger charge is -2.16. The van der Waals surface area contributed by atoms with Crippen LogP contribution < -0.4 is 21.3 Å². The van der Waals surface area contributed by atoms with E-state index >= 15 is 0 Å². The van der Waals surface area contributed by atoms with Crippen molar-refractivity contribution in [3.63, 3.8) is 0 Å². The zero-order valence-corrected chi connectivity index (χ0v) is 25.1. The maximum atomic E-state index is 12.0. The number of urea groups is 1. The van der Waals surface area contributed by atoms with Gasteiger partial charge in [-0.3, -0.25) is 9.59 Å². The summed E-state index contributed by atoms with van der Waals surface area (Å²) in [6.45, 7) is 4.31. The Kier molecular flexibility index (Phi) is 16.6. The molecule has 2 saturated heterocycles. The Hall–Kier alpha value is -2.42. The Morgan fingerprint density at radius 2 is 1.43 bits per heavy atom.